The van der Waals surface area contributed by atoms with Crippen molar-refractivity contribution in [2.45, 2.75) is 40.0 Å². The van der Waals surface area contributed by atoms with Gasteiger partial charge in [-0.05, 0) is 68.5 Å². The summed E-state index contributed by atoms with van der Waals surface area (Å²) in [6.45, 7) is 7.45. The molecule has 6 heteroatoms. The molecule has 0 atom stereocenters. The van der Waals surface area contributed by atoms with Gasteiger partial charge in [0.2, 0.25) is 5.91 Å². The number of amides is 3. The van der Waals surface area contributed by atoms with Gasteiger partial charge in [-0.1, -0.05) is 18.2 Å². The zero-order valence-corrected chi connectivity index (χ0v) is 17.8. The number of ether oxygens (including phenoxy) is 1. The largest absolute Gasteiger partial charge is 0.493 e. The highest BCUT2D eigenvalue weighted by Gasteiger charge is 2.34. The zero-order chi connectivity index (χ0) is 21.7. The number of benzene rings is 2. The number of aryl methyl sites for hydroxylation is 2. The number of nitrogens with one attached hydrogen (secondary N) is 1. The fourth-order valence-electron chi connectivity index (χ4n) is 3.56. The lowest BCUT2D eigenvalue weighted by molar-refractivity contribution is -0.121. The molecule has 1 aliphatic heterocycles. The standard InChI is InChI=1S/C24H28N2O4/c1-16-14-17(2)18(3)21(15-16)30-13-7-11-25-22(27)10-6-12-26-23(28)19-8-4-5-9-20(19)24(26)29/h4-5,8-9,14-15H,6-7,10-13H2,1-3H3,(H,25,27). The maximum atomic E-state index is 12.3. The summed E-state index contributed by atoms with van der Waals surface area (Å²) in [4.78, 5) is 37.9. The van der Waals surface area contributed by atoms with E-state index in [9.17, 15) is 14.4 Å². The average Bonchev–Trinajstić information content (AvgIpc) is 2.96. The van der Waals surface area contributed by atoms with E-state index >= 15 is 0 Å². The summed E-state index contributed by atoms with van der Waals surface area (Å²) < 4.78 is 5.85. The first-order valence-electron chi connectivity index (χ1n) is 10.3. The van der Waals surface area contributed by atoms with E-state index in [0.717, 1.165) is 11.3 Å². The number of carbonyl (C=O) groups is 3. The molecule has 158 valence electrons. The highest BCUT2D eigenvalue weighted by molar-refractivity contribution is 6.21. The van der Waals surface area contributed by atoms with E-state index < -0.39 is 0 Å². The topological polar surface area (TPSA) is 75.7 Å². The minimum Gasteiger partial charge on any atom is -0.493 e. The first-order chi connectivity index (χ1) is 14.4. The Hall–Kier alpha value is -3.15. The quantitative estimate of drug-likeness (QED) is 0.508. The van der Waals surface area contributed by atoms with Crippen molar-refractivity contribution in [3.63, 3.8) is 0 Å². The molecule has 1 N–H and O–H groups in total. The van der Waals surface area contributed by atoms with E-state index in [2.05, 4.69) is 18.3 Å². The van der Waals surface area contributed by atoms with Gasteiger partial charge in [-0.15, -0.1) is 0 Å². The van der Waals surface area contributed by atoms with Crippen LogP contribution in [0.4, 0.5) is 0 Å². The highest BCUT2D eigenvalue weighted by Crippen LogP contribution is 2.24. The Bertz CT molecular complexity index is 933. The Kier molecular flexibility index (Phi) is 6.87. The van der Waals surface area contributed by atoms with Crippen molar-refractivity contribution in [3.8, 4) is 5.75 Å². The molecule has 0 bridgehead atoms. The molecule has 0 fully saturated rings. The average molecular weight is 408 g/mol. The summed E-state index contributed by atoms with van der Waals surface area (Å²) in [5, 5.41) is 2.86. The van der Waals surface area contributed by atoms with Crippen LogP contribution < -0.4 is 10.1 Å². The van der Waals surface area contributed by atoms with Crippen LogP contribution in [-0.4, -0.2) is 42.3 Å². The molecule has 0 saturated carbocycles. The molecule has 0 aromatic heterocycles. The van der Waals surface area contributed by atoms with Crippen molar-refractivity contribution in [1.29, 1.82) is 0 Å². The molecule has 0 radical (unpaired) electrons. The second-order valence-corrected chi connectivity index (χ2v) is 7.67. The van der Waals surface area contributed by atoms with E-state index in [4.69, 9.17) is 4.74 Å². The molecular formula is C24H28N2O4. The summed E-state index contributed by atoms with van der Waals surface area (Å²) >= 11 is 0. The van der Waals surface area contributed by atoms with Gasteiger partial charge in [0.1, 0.15) is 5.75 Å². The van der Waals surface area contributed by atoms with Gasteiger partial charge < -0.3 is 10.1 Å². The Morgan fingerprint density at radius 1 is 1.00 bits per heavy atom. The van der Waals surface area contributed by atoms with E-state index in [1.165, 1.54) is 16.0 Å². The van der Waals surface area contributed by atoms with Crippen LogP contribution in [0.25, 0.3) is 0 Å². The van der Waals surface area contributed by atoms with Gasteiger partial charge in [0.15, 0.2) is 0 Å². The Balaban J connectivity index is 1.34. The normalized spacial score (nSPS) is 12.8. The molecule has 1 heterocycles. The van der Waals surface area contributed by atoms with Crippen LogP contribution in [0.1, 0.15) is 56.7 Å². The fourth-order valence-corrected chi connectivity index (χ4v) is 3.56. The van der Waals surface area contributed by atoms with Crippen molar-refractivity contribution in [3.05, 3.63) is 64.2 Å². The van der Waals surface area contributed by atoms with Crippen LogP contribution >= 0.6 is 0 Å². The summed E-state index contributed by atoms with van der Waals surface area (Å²) in [6, 6.07) is 11.0. The molecule has 2 aromatic rings. The van der Waals surface area contributed by atoms with E-state index in [1.54, 1.807) is 24.3 Å². The molecule has 0 unspecified atom stereocenters. The Morgan fingerprint density at radius 2 is 1.67 bits per heavy atom. The molecule has 0 spiro atoms. The first kappa shape index (κ1) is 21.6. The third-order valence-corrected chi connectivity index (χ3v) is 5.33. The lowest BCUT2D eigenvalue weighted by Crippen LogP contribution is -2.32. The first-order valence-corrected chi connectivity index (χ1v) is 10.3. The van der Waals surface area contributed by atoms with E-state index in [0.29, 0.717) is 37.1 Å². The van der Waals surface area contributed by atoms with Gasteiger partial charge in [0.25, 0.3) is 11.8 Å². The summed E-state index contributed by atoms with van der Waals surface area (Å²) in [7, 11) is 0. The number of nitrogens with zero attached hydrogens (tertiary/aromatic N) is 1. The number of hydrogen-bond donors (Lipinski definition) is 1. The smallest absolute Gasteiger partial charge is 0.261 e. The molecular weight excluding hydrogens is 380 g/mol. The minimum absolute atomic E-state index is 0.0887. The maximum Gasteiger partial charge on any atom is 0.261 e. The van der Waals surface area contributed by atoms with Gasteiger partial charge in [-0.2, -0.15) is 0 Å². The number of imide groups is 1. The van der Waals surface area contributed by atoms with Crippen molar-refractivity contribution < 1.29 is 19.1 Å². The van der Waals surface area contributed by atoms with Gasteiger partial charge in [-0.25, -0.2) is 0 Å². The molecule has 6 nitrogen and oxygen atoms in total. The predicted octanol–water partition coefficient (Wildman–Crippen LogP) is 3.57. The molecule has 3 rings (SSSR count). The Labute approximate surface area is 177 Å². The highest BCUT2D eigenvalue weighted by atomic mass is 16.5. The lowest BCUT2D eigenvalue weighted by Gasteiger charge is -2.14. The second kappa shape index (κ2) is 9.57. The third-order valence-electron chi connectivity index (χ3n) is 5.33. The molecule has 0 aliphatic carbocycles. The van der Waals surface area contributed by atoms with Crippen LogP contribution in [-0.2, 0) is 4.79 Å². The summed E-state index contributed by atoms with van der Waals surface area (Å²) in [5.74, 6) is 0.235. The molecule has 30 heavy (non-hydrogen) atoms. The molecule has 3 amide bonds. The second-order valence-electron chi connectivity index (χ2n) is 7.67. The Morgan fingerprint density at radius 3 is 2.33 bits per heavy atom. The molecule has 0 saturated heterocycles. The lowest BCUT2D eigenvalue weighted by atomic mass is 10.1. The van der Waals surface area contributed by atoms with Crippen LogP contribution in [0, 0.1) is 20.8 Å². The van der Waals surface area contributed by atoms with Gasteiger partial charge in [0.05, 0.1) is 17.7 Å². The van der Waals surface area contributed by atoms with Crippen molar-refractivity contribution in [1.82, 2.24) is 10.2 Å². The van der Waals surface area contributed by atoms with Crippen LogP contribution in [0.15, 0.2) is 36.4 Å². The van der Waals surface area contributed by atoms with E-state index in [1.807, 2.05) is 19.9 Å². The molecule has 1 aliphatic rings. The van der Waals surface area contributed by atoms with Crippen molar-refractivity contribution in [2.75, 3.05) is 19.7 Å². The van der Waals surface area contributed by atoms with Crippen molar-refractivity contribution >= 4 is 17.7 Å². The number of hydrogen-bond acceptors (Lipinski definition) is 4. The monoisotopic (exact) mass is 408 g/mol. The van der Waals surface area contributed by atoms with Gasteiger partial charge in [0, 0.05) is 19.5 Å². The molecule has 2 aromatic carbocycles. The maximum absolute atomic E-state index is 12.3. The zero-order valence-electron chi connectivity index (χ0n) is 17.8. The number of rotatable bonds is 9. The third kappa shape index (κ3) is 4.87. The minimum atomic E-state index is -0.283. The van der Waals surface area contributed by atoms with Crippen molar-refractivity contribution in [2.24, 2.45) is 0 Å². The predicted molar refractivity (Wildman–Crippen MR) is 115 cm³/mol. The fraction of sp³-hybridized carbons (Fsp3) is 0.375. The van der Waals surface area contributed by atoms with Crippen LogP contribution in [0.5, 0.6) is 5.75 Å². The number of carbonyl (C=O) groups excluding carboxylic acids is 3. The summed E-state index contributed by atoms with van der Waals surface area (Å²) in [5.41, 5.74) is 4.38. The van der Waals surface area contributed by atoms with Gasteiger partial charge in [-0.3, -0.25) is 19.3 Å². The summed E-state index contributed by atoms with van der Waals surface area (Å²) in [6.07, 6.45) is 1.41. The number of fused-ring (bicyclic) bond motifs is 1. The van der Waals surface area contributed by atoms with Gasteiger partial charge >= 0.3 is 0 Å². The van der Waals surface area contributed by atoms with E-state index in [-0.39, 0.29) is 30.7 Å². The van der Waals surface area contributed by atoms with Crippen LogP contribution in [0.3, 0.4) is 0 Å². The SMILES string of the molecule is Cc1cc(C)c(C)c(OCCCNC(=O)CCCN2C(=O)c3ccccc3C2=O)c1. The van der Waals surface area contributed by atoms with Crippen LogP contribution in [0.2, 0.25) is 0 Å².